The fourth-order valence-corrected chi connectivity index (χ4v) is 3.89. The van der Waals surface area contributed by atoms with E-state index in [1.54, 1.807) is 0 Å². The summed E-state index contributed by atoms with van der Waals surface area (Å²) in [4.78, 5) is 23.7. The normalized spacial score (nSPS) is 34.5. The van der Waals surface area contributed by atoms with Crippen molar-refractivity contribution >= 4 is 23.6 Å². The Morgan fingerprint density at radius 1 is 1.40 bits per heavy atom. The topological polar surface area (TPSA) is 78.4 Å². The Kier molecular flexibility index (Phi) is 5.32. The first-order valence-electron chi connectivity index (χ1n) is 7.37. The van der Waals surface area contributed by atoms with Gasteiger partial charge >= 0.3 is 5.97 Å². The number of amides is 1. The molecular formula is C14H24N2O3S. The molecule has 6 heteroatoms. The molecule has 1 aliphatic carbocycles. The minimum atomic E-state index is -1.04. The zero-order valence-corrected chi connectivity index (χ0v) is 12.8. The Hall–Kier alpha value is -0.750. The van der Waals surface area contributed by atoms with Gasteiger partial charge in [0, 0.05) is 30.5 Å². The monoisotopic (exact) mass is 300 g/mol. The number of hydrogen-bond acceptors (Lipinski definition) is 4. The predicted octanol–water partition coefficient (Wildman–Crippen LogP) is 1.23. The molecule has 1 amide bonds. The van der Waals surface area contributed by atoms with Crippen molar-refractivity contribution in [3.8, 4) is 0 Å². The first-order chi connectivity index (χ1) is 9.52. The van der Waals surface area contributed by atoms with E-state index < -0.39 is 11.5 Å². The fourth-order valence-electron chi connectivity index (χ4n) is 2.94. The summed E-state index contributed by atoms with van der Waals surface area (Å²) in [7, 11) is 0. The summed E-state index contributed by atoms with van der Waals surface area (Å²) in [6.07, 6.45) is 3.19. The lowest BCUT2D eigenvalue weighted by atomic mass is 9.77. The van der Waals surface area contributed by atoms with Crippen LogP contribution in [0, 0.1) is 5.92 Å². The molecule has 5 nitrogen and oxygen atoms in total. The van der Waals surface area contributed by atoms with Crippen LogP contribution in [-0.4, -0.2) is 46.6 Å². The average Bonchev–Trinajstić information content (AvgIpc) is 2.42. The Balaban J connectivity index is 1.90. The molecule has 0 spiro atoms. The number of aliphatic carboxylic acids is 1. The minimum absolute atomic E-state index is 0.137. The van der Waals surface area contributed by atoms with E-state index in [9.17, 15) is 14.7 Å². The summed E-state index contributed by atoms with van der Waals surface area (Å²) < 4.78 is 0. The molecule has 1 atom stereocenters. The zero-order chi connectivity index (χ0) is 14.6. The molecule has 2 fully saturated rings. The van der Waals surface area contributed by atoms with Gasteiger partial charge in [-0.25, -0.2) is 4.79 Å². The molecule has 1 saturated carbocycles. The number of carboxylic acids is 1. The third-order valence-electron chi connectivity index (χ3n) is 4.35. The van der Waals surface area contributed by atoms with Gasteiger partial charge in [-0.3, -0.25) is 4.79 Å². The molecule has 0 bridgehead atoms. The molecule has 1 heterocycles. The smallest absolute Gasteiger partial charge is 0.329 e. The fraction of sp³-hybridized carbons (Fsp3) is 0.857. The van der Waals surface area contributed by atoms with Gasteiger partial charge in [-0.15, -0.1) is 0 Å². The number of carbonyl (C=O) groups is 2. The van der Waals surface area contributed by atoms with Gasteiger partial charge in [-0.1, -0.05) is 6.92 Å². The van der Waals surface area contributed by atoms with E-state index >= 15 is 0 Å². The summed E-state index contributed by atoms with van der Waals surface area (Å²) in [5, 5.41) is 15.6. The highest BCUT2D eigenvalue weighted by molar-refractivity contribution is 7.99. The number of rotatable bonds is 4. The van der Waals surface area contributed by atoms with Crippen LogP contribution < -0.4 is 10.6 Å². The Bertz CT molecular complexity index is 361. The van der Waals surface area contributed by atoms with Gasteiger partial charge in [-0.2, -0.15) is 11.8 Å². The van der Waals surface area contributed by atoms with E-state index in [1.165, 1.54) is 0 Å². The molecule has 0 aromatic carbocycles. The molecule has 1 unspecified atom stereocenters. The number of nitrogens with one attached hydrogen (secondary N) is 2. The minimum Gasteiger partial charge on any atom is -0.480 e. The van der Waals surface area contributed by atoms with Crippen LogP contribution >= 0.6 is 11.8 Å². The standard InChI is InChI=1S/C14H24N2O3S/c1-10-2-4-14(5-3-10,13(18)19)16-12(17)8-11-9-20-7-6-15-11/h10-11,15H,2-9H2,1H3,(H,16,17)(H,18,19). The van der Waals surface area contributed by atoms with Crippen LogP contribution in [0.5, 0.6) is 0 Å². The molecule has 0 aromatic rings. The van der Waals surface area contributed by atoms with Crippen molar-refractivity contribution in [2.45, 2.75) is 50.6 Å². The maximum absolute atomic E-state index is 12.1. The van der Waals surface area contributed by atoms with Gasteiger partial charge < -0.3 is 15.7 Å². The molecule has 0 aromatic heterocycles. The molecule has 20 heavy (non-hydrogen) atoms. The van der Waals surface area contributed by atoms with Gasteiger partial charge in [0.2, 0.25) is 5.91 Å². The summed E-state index contributed by atoms with van der Waals surface area (Å²) in [5.41, 5.74) is -1.04. The van der Waals surface area contributed by atoms with Crippen molar-refractivity contribution in [3.05, 3.63) is 0 Å². The molecule has 1 saturated heterocycles. The van der Waals surface area contributed by atoms with E-state index in [0.717, 1.165) is 30.9 Å². The second-order valence-electron chi connectivity index (χ2n) is 6.05. The lowest BCUT2D eigenvalue weighted by Crippen LogP contribution is -2.57. The van der Waals surface area contributed by atoms with Crippen LogP contribution in [0.4, 0.5) is 0 Å². The first kappa shape index (κ1) is 15.6. The van der Waals surface area contributed by atoms with Crippen molar-refractivity contribution in [2.24, 2.45) is 5.92 Å². The second kappa shape index (κ2) is 6.80. The highest BCUT2D eigenvalue weighted by Crippen LogP contribution is 2.32. The molecule has 114 valence electrons. The van der Waals surface area contributed by atoms with E-state index in [0.29, 0.717) is 25.2 Å². The number of thioether (sulfide) groups is 1. The van der Waals surface area contributed by atoms with Gasteiger partial charge in [-0.05, 0) is 31.6 Å². The summed E-state index contributed by atoms with van der Waals surface area (Å²) >= 11 is 1.84. The van der Waals surface area contributed by atoms with Gasteiger partial charge in [0.05, 0.1) is 0 Å². The van der Waals surface area contributed by atoms with Crippen LogP contribution in [-0.2, 0) is 9.59 Å². The largest absolute Gasteiger partial charge is 0.480 e. The Labute approximate surface area is 124 Å². The SMILES string of the molecule is CC1CCC(NC(=O)CC2CSCCN2)(C(=O)O)CC1. The summed E-state index contributed by atoms with van der Waals surface area (Å²) in [6, 6.07) is 0.169. The Morgan fingerprint density at radius 2 is 2.10 bits per heavy atom. The lowest BCUT2D eigenvalue weighted by molar-refractivity contribution is -0.149. The summed E-state index contributed by atoms with van der Waals surface area (Å²) in [6.45, 7) is 3.06. The number of carbonyl (C=O) groups excluding carboxylic acids is 1. The van der Waals surface area contributed by atoms with Crippen molar-refractivity contribution in [3.63, 3.8) is 0 Å². The molecule has 2 rings (SSSR count). The average molecular weight is 300 g/mol. The predicted molar refractivity (Wildman–Crippen MR) is 79.9 cm³/mol. The lowest BCUT2D eigenvalue weighted by Gasteiger charge is -2.37. The highest BCUT2D eigenvalue weighted by atomic mass is 32.2. The van der Waals surface area contributed by atoms with Crippen molar-refractivity contribution in [2.75, 3.05) is 18.1 Å². The van der Waals surface area contributed by atoms with Crippen LogP contribution in [0.25, 0.3) is 0 Å². The molecule has 1 aliphatic heterocycles. The number of carboxylic acid groups (broad SMARTS) is 1. The van der Waals surface area contributed by atoms with Crippen LogP contribution in [0.3, 0.4) is 0 Å². The van der Waals surface area contributed by atoms with Gasteiger partial charge in [0.25, 0.3) is 0 Å². The van der Waals surface area contributed by atoms with Crippen molar-refractivity contribution < 1.29 is 14.7 Å². The van der Waals surface area contributed by atoms with Crippen LogP contribution in [0.2, 0.25) is 0 Å². The van der Waals surface area contributed by atoms with E-state index in [1.807, 2.05) is 11.8 Å². The second-order valence-corrected chi connectivity index (χ2v) is 7.20. The van der Waals surface area contributed by atoms with Gasteiger partial charge in [0.15, 0.2) is 0 Å². The zero-order valence-electron chi connectivity index (χ0n) is 12.0. The maximum atomic E-state index is 12.1. The van der Waals surface area contributed by atoms with E-state index in [-0.39, 0.29) is 11.9 Å². The first-order valence-corrected chi connectivity index (χ1v) is 8.53. The van der Waals surface area contributed by atoms with E-state index in [4.69, 9.17) is 0 Å². The molecule has 0 radical (unpaired) electrons. The third-order valence-corrected chi connectivity index (χ3v) is 5.48. The van der Waals surface area contributed by atoms with Crippen LogP contribution in [0.15, 0.2) is 0 Å². The van der Waals surface area contributed by atoms with E-state index in [2.05, 4.69) is 17.6 Å². The highest BCUT2D eigenvalue weighted by Gasteiger charge is 2.42. The molecule has 2 aliphatic rings. The van der Waals surface area contributed by atoms with Crippen molar-refractivity contribution in [1.82, 2.24) is 10.6 Å². The van der Waals surface area contributed by atoms with Crippen LogP contribution in [0.1, 0.15) is 39.0 Å². The molecule has 3 N–H and O–H groups in total. The third kappa shape index (κ3) is 3.88. The summed E-state index contributed by atoms with van der Waals surface area (Å²) in [5.74, 6) is 1.53. The Morgan fingerprint density at radius 3 is 2.65 bits per heavy atom. The van der Waals surface area contributed by atoms with Gasteiger partial charge in [0.1, 0.15) is 5.54 Å². The van der Waals surface area contributed by atoms with Crippen molar-refractivity contribution in [1.29, 1.82) is 0 Å². The quantitative estimate of drug-likeness (QED) is 0.728. The number of hydrogen-bond donors (Lipinski definition) is 3. The maximum Gasteiger partial charge on any atom is 0.329 e. The molecular weight excluding hydrogens is 276 g/mol.